The minimum absolute atomic E-state index is 0.0465. The first-order valence-electron chi connectivity index (χ1n) is 6.22. The van der Waals surface area contributed by atoms with Crippen LogP contribution in [0.25, 0.3) is 0 Å². The van der Waals surface area contributed by atoms with E-state index >= 15 is 0 Å². The van der Waals surface area contributed by atoms with Crippen molar-refractivity contribution in [1.82, 2.24) is 10.2 Å². The maximum absolute atomic E-state index is 13.9. The van der Waals surface area contributed by atoms with Crippen molar-refractivity contribution >= 4 is 21.8 Å². The molecule has 21 heavy (non-hydrogen) atoms. The van der Waals surface area contributed by atoms with Crippen LogP contribution in [0.1, 0.15) is 12.5 Å². The van der Waals surface area contributed by atoms with Crippen LogP contribution in [0, 0.1) is 5.82 Å². The van der Waals surface area contributed by atoms with E-state index in [-0.39, 0.29) is 17.9 Å². The zero-order chi connectivity index (χ0) is 15.8. The summed E-state index contributed by atoms with van der Waals surface area (Å²) in [5, 5.41) is 2.43. The second kappa shape index (κ2) is 5.10. The molecule has 1 aliphatic rings. The van der Waals surface area contributed by atoms with Crippen molar-refractivity contribution in [3.63, 3.8) is 0 Å². The average molecular weight is 314 g/mol. The van der Waals surface area contributed by atoms with E-state index in [9.17, 15) is 22.4 Å². The number of hydrogen-bond donors (Lipinski definition) is 1. The van der Waals surface area contributed by atoms with Crippen molar-refractivity contribution in [2.45, 2.75) is 12.5 Å². The Bertz CT molecular complexity index is 704. The smallest absolute Gasteiger partial charge is 0.319 e. The minimum atomic E-state index is -3.32. The minimum Gasteiger partial charge on any atom is -0.319 e. The van der Waals surface area contributed by atoms with Gasteiger partial charge in [-0.2, -0.15) is 0 Å². The van der Waals surface area contributed by atoms with Gasteiger partial charge in [0.25, 0.3) is 5.91 Å². The first-order chi connectivity index (χ1) is 9.65. The van der Waals surface area contributed by atoms with Crippen molar-refractivity contribution in [1.29, 1.82) is 0 Å². The lowest BCUT2D eigenvalue weighted by atomic mass is 9.91. The molecule has 0 saturated carbocycles. The molecule has 0 radical (unpaired) electrons. The molecule has 114 valence electrons. The number of rotatable bonds is 4. The van der Waals surface area contributed by atoms with E-state index in [4.69, 9.17) is 0 Å². The largest absolute Gasteiger partial charge is 0.325 e. The molecule has 1 fully saturated rings. The number of sulfone groups is 1. The molecule has 0 unspecified atom stereocenters. The molecule has 0 spiro atoms. The van der Waals surface area contributed by atoms with Gasteiger partial charge in [-0.3, -0.25) is 9.69 Å². The van der Waals surface area contributed by atoms with E-state index in [0.717, 1.165) is 11.2 Å². The van der Waals surface area contributed by atoms with Crippen molar-refractivity contribution in [3.8, 4) is 0 Å². The van der Waals surface area contributed by atoms with Gasteiger partial charge in [-0.05, 0) is 13.0 Å². The molecule has 0 bridgehead atoms. The lowest BCUT2D eigenvalue weighted by Gasteiger charge is -2.22. The van der Waals surface area contributed by atoms with Crippen molar-refractivity contribution in [2.24, 2.45) is 0 Å². The molecule has 1 saturated heterocycles. The van der Waals surface area contributed by atoms with Gasteiger partial charge in [0.1, 0.15) is 21.2 Å². The van der Waals surface area contributed by atoms with Gasteiger partial charge in [-0.15, -0.1) is 0 Å². The van der Waals surface area contributed by atoms with E-state index in [0.29, 0.717) is 0 Å². The quantitative estimate of drug-likeness (QED) is 0.827. The Labute approximate surface area is 121 Å². The van der Waals surface area contributed by atoms with E-state index in [2.05, 4.69) is 5.32 Å². The molecule has 1 aromatic carbocycles. The number of amides is 3. The number of carbonyl (C=O) groups excluding carboxylic acids is 2. The van der Waals surface area contributed by atoms with Gasteiger partial charge in [0, 0.05) is 18.4 Å². The molecule has 1 aromatic rings. The topological polar surface area (TPSA) is 83.6 Å². The molecule has 1 aliphatic heterocycles. The Morgan fingerprint density at radius 2 is 1.90 bits per heavy atom. The van der Waals surface area contributed by atoms with Crippen LogP contribution in [0.2, 0.25) is 0 Å². The Kier molecular flexibility index (Phi) is 3.75. The fourth-order valence-corrected chi connectivity index (χ4v) is 2.72. The zero-order valence-corrected chi connectivity index (χ0v) is 12.4. The summed E-state index contributed by atoms with van der Waals surface area (Å²) in [4.78, 5) is 25.1. The van der Waals surface area contributed by atoms with Crippen LogP contribution >= 0.6 is 0 Å². The van der Waals surface area contributed by atoms with Gasteiger partial charge in [0.2, 0.25) is 0 Å². The van der Waals surface area contributed by atoms with Gasteiger partial charge in [-0.25, -0.2) is 17.6 Å². The number of urea groups is 1. The average Bonchev–Trinajstić information content (AvgIpc) is 2.58. The number of hydrogen-bond acceptors (Lipinski definition) is 4. The van der Waals surface area contributed by atoms with E-state index in [1.807, 2.05) is 0 Å². The molecule has 0 aliphatic carbocycles. The second-order valence-electron chi connectivity index (χ2n) is 5.12. The maximum atomic E-state index is 13.9. The van der Waals surface area contributed by atoms with E-state index in [1.165, 1.54) is 25.1 Å². The summed E-state index contributed by atoms with van der Waals surface area (Å²) >= 11 is 0. The molecule has 6 nitrogen and oxygen atoms in total. The Morgan fingerprint density at radius 3 is 2.48 bits per heavy atom. The van der Waals surface area contributed by atoms with Gasteiger partial charge in [-0.1, -0.05) is 18.2 Å². The van der Waals surface area contributed by atoms with Crippen LogP contribution in [-0.2, 0) is 20.2 Å². The molecular formula is C13H15FN2O4S. The highest BCUT2D eigenvalue weighted by molar-refractivity contribution is 7.90. The number of nitrogens with zero attached hydrogens (tertiary/aromatic N) is 1. The Morgan fingerprint density at radius 1 is 1.29 bits per heavy atom. The summed E-state index contributed by atoms with van der Waals surface area (Å²) in [6.45, 7) is 1.14. The lowest BCUT2D eigenvalue weighted by Crippen LogP contribution is -2.42. The van der Waals surface area contributed by atoms with Crippen LogP contribution in [-0.4, -0.2) is 43.8 Å². The van der Waals surface area contributed by atoms with Crippen LogP contribution in [0.3, 0.4) is 0 Å². The number of carbonyl (C=O) groups is 2. The highest BCUT2D eigenvalue weighted by Gasteiger charge is 2.50. The van der Waals surface area contributed by atoms with Crippen LogP contribution in [0.4, 0.5) is 9.18 Å². The molecule has 2 rings (SSSR count). The summed E-state index contributed by atoms with van der Waals surface area (Å²) in [6, 6.07) is 4.91. The predicted molar refractivity (Wildman–Crippen MR) is 73.7 cm³/mol. The molecule has 8 heteroatoms. The summed E-state index contributed by atoms with van der Waals surface area (Å²) in [5.74, 6) is -1.61. The summed E-state index contributed by atoms with van der Waals surface area (Å²) < 4.78 is 36.2. The van der Waals surface area contributed by atoms with Gasteiger partial charge >= 0.3 is 6.03 Å². The van der Waals surface area contributed by atoms with Gasteiger partial charge in [0.15, 0.2) is 0 Å². The van der Waals surface area contributed by atoms with Crippen LogP contribution < -0.4 is 5.32 Å². The molecule has 1 atom stereocenters. The Hall–Kier alpha value is -1.96. The molecule has 1 N–H and O–H groups in total. The molecule has 0 aromatic heterocycles. The number of imide groups is 1. The molecule has 1 heterocycles. The van der Waals surface area contributed by atoms with Gasteiger partial charge in [0.05, 0.1) is 5.75 Å². The van der Waals surface area contributed by atoms with E-state index in [1.54, 1.807) is 6.07 Å². The fourth-order valence-electron chi connectivity index (χ4n) is 2.21. The third-order valence-electron chi connectivity index (χ3n) is 3.37. The third-order valence-corrected chi connectivity index (χ3v) is 4.30. The summed E-state index contributed by atoms with van der Waals surface area (Å²) in [7, 11) is -3.32. The predicted octanol–water partition coefficient (Wildman–Crippen LogP) is 0.637. The maximum Gasteiger partial charge on any atom is 0.325 e. The first kappa shape index (κ1) is 15.4. The van der Waals surface area contributed by atoms with E-state index < -0.39 is 33.1 Å². The van der Waals surface area contributed by atoms with Gasteiger partial charge < -0.3 is 5.32 Å². The van der Waals surface area contributed by atoms with Crippen molar-refractivity contribution < 1.29 is 22.4 Å². The third kappa shape index (κ3) is 2.90. The normalized spacial score (nSPS) is 22.5. The second-order valence-corrected chi connectivity index (χ2v) is 7.38. The van der Waals surface area contributed by atoms with Crippen molar-refractivity contribution in [2.75, 3.05) is 18.6 Å². The van der Waals surface area contributed by atoms with Crippen LogP contribution in [0.15, 0.2) is 24.3 Å². The monoisotopic (exact) mass is 314 g/mol. The SMILES string of the molecule is C[C@@]1(c2ccccc2F)NC(=O)N(CCS(C)(=O)=O)C1=O. The first-order valence-corrected chi connectivity index (χ1v) is 8.28. The van der Waals surface area contributed by atoms with Crippen molar-refractivity contribution in [3.05, 3.63) is 35.6 Å². The highest BCUT2D eigenvalue weighted by Crippen LogP contribution is 2.30. The van der Waals surface area contributed by atoms with Crippen LogP contribution in [0.5, 0.6) is 0 Å². The summed E-state index contributed by atoms with van der Waals surface area (Å²) in [5.41, 5.74) is -1.48. The number of nitrogens with one attached hydrogen (secondary N) is 1. The Balaban J connectivity index is 2.31. The number of benzene rings is 1. The zero-order valence-electron chi connectivity index (χ0n) is 11.6. The fraction of sp³-hybridized carbons (Fsp3) is 0.385. The highest BCUT2D eigenvalue weighted by atomic mass is 32.2. The lowest BCUT2D eigenvalue weighted by molar-refractivity contribution is -0.130. The number of halogens is 1. The standard InChI is InChI=1S/C13H15FN2O4S/c1-13(9-5-3-4-6-10(9)14)11(17)16(12(18)15-13)7-8-21(2,19)20/h3-6H,7-8H2,1-2H3,(H,15,18)/t13-/m0/s1. The molecular weight excluding hydrogens is 299 g/mol. The molecule has 3 amide bonds. The summed E-state index contributed by atoms with van der Waals surface area (Å²) in [6.07, 6.45) is 1.02.